The first-order valence-electron chi connectivity index (χ1n) is 11.1. The second-order valence-corrected chi connectivity index (χ2v) is 9.41. The standard InChI is InChI=1S/C23H32N4O2S/c1-19-4-2-5-20(16-19)18-25-7-9-27(10-8-25)23(28)24-17-21(22-6-3-15-30-22)26-11-13-29-14-12-26/h2-6,15-16,21H,7-14,17-18H2,1H3,(H,24,28)/p+2/t21-/m0/s1. The van der Waals surface area contributed by atoms with Gasteiger partial charge in [-0.15, -0.1) is 11.3 Å². The smallest absolute Gasteiger partial charge is 0.318 e. The number of benzene rings is 1. The van der Waals surface area contributed by atoms with E-state index >= 15 is 0 Å². The third-order valence-electron chi connectivity index (χ3n) is 6.27. The van der Waals surface area contributed by atoms with E-state index in [9.17, 15) is 4.79 Å². The highest BCUT2D eigenvalue weighted by Crippen LogP contribution is 2.16. The van der Waals surface area contributed by atoms with E-state index in [0.717, 1.165) is 59.0 Å². The van der Waals surface area contributed by atoms with E-state index in [4.69, 9.17) is 4.74 Å². The van der Waals surface area contributed by atoms with Crippen LogP contribution in [0.4, 0.5) is 4.79 Å². The van der Waals surface area contributed by atoms with Crippen molar-refractivity contribution < 1.29 is 19.3 Å². The zero-order valence-electron chi connectivity index (χ0n) is 17.9. The van der Waals surface area contributed by atoms with Crippen LogP contribution in [-0.2, 0) is 11.3 Å². The predicted octanol–water partition coefficient (Wildman–Crippen LogP) is 0.123. The number of piperazine rings is 1. The van der Waals surface area contributed by atoms with Crippen LogP contribution >= 0.6 is 11.3 Å². The predicted molar refractivity (Wildman–Crippen MR) is 119 cm³/mol. The summed E-state index contributed by atoms with van der Waals surface area (Å²) in [5.74, 6) is 0. The van der Waals surface area contributed by atoms with Crippen molar-refractivity contribution >= 4 is 17.4 Å². The molecule has 3 N–H and O–H groups in total. The third kappa shape index (κ3) is 5.60. The van der Waals surface area contributed by atoms with Crippen molar-refractivity contribution in [2.45, 2.75) is 19.5 Å². The molecule has 7 heteroatoms. The Morgan fingerprint density at radius 3 is 2.67 bits per heavy atom. The van der Waals surface area contributed by atoms with E-state index in [1.165, 1.54) is 20.9 Å². The van der Waals surface area contributed by atoms with Crippen LogP contribution in [0.3, 0.4) is 0 Å². The van der Waals surface area contributed by atoms with E-state index in [1.807, 2.05) is 4.90 Å². The van der Waals surface area contributed by atoms with Crippen molar-refractivity contribution in [3.8, 4) is 0 Å². The lowest BCUT2D eigenvalue weighted by molar-refractivity contribution is -0.937. The molecule has 1 atom stereocenters. The van der Waals surface area contributed by atoms with Gasteiger partial charge in [0.15, 0.2) is 0 Å². The molecule has 4 rings (SSSR count). The Hall–Kier alpha value is -1.93. The largest absolute Gasteiger partial charge is 0.370 e. The number of hydrogen-bond acceptors (Lipinski definition) is 3. The molecule has 1 aromatic carbocycles. The summed E-state index contributed by atoms with van der Waals surface area (Å²) < 4.78 is 5.53. The van der Waals surface area contributed by atoms with E-state index < -0.39 is 0 Å². The summed E-state index contributed by atoms with van der Waals surface area (Å²) in [6.45, 7) is 11.1. The lowest BCUT2D eigenvalue weighted by Crippen LogP contribution is -3.15. The summed E-state index contributed by atoms with van der Waals surface area (Å²) in [6.07, 6.45) is 0. The van der Waals surface area contributed by atoms with Crippen LogP contribution in [0, 0.1) is 6.92 Å². The highest BCUT2D eigenvalue weighted by atomic mass is 32.1. The number of urea groups is 1. The molecule has 1 aromatic heterocycles. The third-order valence-corrected chi connectivity index (χ3v) is 7.25. The van der Waals surface area contributed by atoms with Gasteiger partial charge in [-0.25, -0.2) is 4.79 Å². The van der Waals surface area contributed by atoms with Gasteiger partial charge >= 0.3 is 6.03 Å². The number of hydrogen-bond donors (Lipinski definition) is 3. The molecule has 2 aromatic rings. The number of carbonyl (C=O) groups is 1. The number of quaternary nitrogens is 2. The number of thiophene rings is 1. The Bertz CT molecular complexity index is 799. The molecule has 0 bridgehead atoms. The Kier molecular flexibility index (Phi) is 7.38. The molecular formula is C23H34N4O2S+2. The van der Waals surface area contributed by atoms with Crippen LogP contribution in [0.15, 0.2) is 41.8 Å². The minimum Gasteiger partial charge on any atom is -0.370 e. The summed E-state index contributed by atoms with van der Waals surface area (Å²) in [5.41, 5.74) is 2.70. The summed E-state index contributed by atoms with van der Waals surface area (Å²) in [7, 11) is 0. The fraction of sp³-hybridized carbons (Fsp3) is 0.522. The number of rotatable bonds is 6. The highest BCUT2D eigenvalue weighted by Gasteiger charge is 2.29. The Morgan fingerprint density at radius 1 is 1.17 bits per heavy atom. The minimum atomic E-state index is 0.0822. The maximum Gasteiger partial charge on any atom is 0.318 e. The van der Waals surface area contributed by atoms with Crippen LogP contribution in [-0.4, -0.2) is 70.0 Å². The Balaban J connectivity index is 1.26. The molecule has 2 aliphatic heterocycles. The summed E-state index contributed by atoms with van der Waals surface area (Å²) >= 11 is 1.78. The van der Waals surface area contributed by atoms with E-state index in [-0.39, 0.29) is 6.03 Å². The average molecular weight is 431 g/mol. The number of nitrogens with zero attached hydrogens (tertiary/aromatic N) is 1. The van der Waals surface area contributed by atoms with Gasteiger partial charge in [0.1, 0.15) is 25.7 Å². The molecule has 162 valence electrons. The first kappa shape index (κ1) is 21.3. The fourth-order valence-corrected chi connectivity index (χ4v) is 5.42. The number of ether oxygens (including phenoxy) is 1. The number of carbonyl (C=O) groups excluding carboxylic acids is 1. The van der Waals surface area contributed by atoms with Gasteiger partial charge in [0.25, 0.3) is 0 Å². The molecule has 2 saturated heterocycles. The lowest BCUT2D eigenvalue weighted by Gasteiger charge is -2.34. The van der Waals surface area contributed by atoms with Crippen LogP contribution in [0.1, 0.15) is 22.0 Å². The normalized spacial score (nSPS) is 19.6. The second kappa shape index (κ2) is 10.4. The number of morpholine rings is 1. The molecule has 0 unspecified atom stereocenters. The molecule has 6 nitrogen and oxygen atoms in total. The molecule has 2 amide bonds. The lowest BCUT2D eigenvalue weighted by atomic mass is 10.1. The van der Waals surface area contributed by atoms with Crippen molar-refractivity contribution in [3.63, 3.8) is 0 Å². The molecule has 3 heterocycles. The van der Waals surface area contributed by atoms with Crippen molar-refractivity contribution in [1.29, 1.82) is 0 Å². The van der Waals surface area contributed by atoms with E-state index in [1.54, 1.807) is 16.2 Å². The molecule has 0 aliphatic carbocycles. The monoisotopic (exact) mass is 430 g/mol. The SMILES string of the molecule is Cc1cccc(C[NH+]2CCN(C(=O)NC[C@@H](c3cccs3)[NH+]3CCOCC3)CC2)c1. The number of amides is 2. The van der Waals surface area contributed by atoms with Gasteiger partial charge in [-0.1, -0.05) is 35.9 Å². The molecular weight excluding hydrogens is 396 g/mol. The zero-order valence-corrected chi connectivity index (χ0v) is 18.7. The van der Waals surface area contributed by atoms with Crippen LogP contribution in [0.25, 0.3) is 0 Å². The van der Waals surface area contributed by atoms with E-state index in [0.29, 0.717) is 12.6 Å². The maximum absolute atomic E-state index is 12.8. The topological polar surface area (TPSA) is 50.5 Å². The molecule has 0 spiro atoms. The van der Waals surface area contributed by atoms with Gasteiger partial charge in [-0.3, -0.25) is 0 Å². The van der Waals surface area contributed by atoms with Gasteiger partial charge in [-0.2, -0.15) is 0 Å². The minimum absolute atomic E-state index is 0.0822. The van der Waals surface area contributed by atoms with Crippen LogP contribution < -0.4 is 15.1 Å². The average Bonchev–Trinajstić information content (AvgIpc) is 3.30. The van der Waals surface area contributed by atoms with Gasteiger partial charge in [0.2, 0.25) is 0 Å². The van der Waals surface area contributed by atoms with Crippen molar-refractivity contribution in [1.82, 2.24) is 10.2 Å². The fourth-order valence-electron chi connectivity index (χ4n) is 4.53. The molecule has 0 radical (unpaired) electrons. The van der Waals surface area contributed by atoms with Gasteiger partial charge in [0.05, 0.1) is 50.8 Å². The summed E-state index contributed by atoms with van der Waals surface area (Å²) in [4.78, 5) is 19.2. The van der Waals surface area contributed by atoms with Gasteiger partial charge in [0, 0.05) is 5.56 Å². The van der Waals surface area contributed by atoms with Crippen LogP contribution in [0.5, 0.6) is 0 Å². The van der Waals surface area contributed by atoms with Gasteiger partial charge in [-0.05, 0) is 18.4 Å². The first-order chi connectivity index (χ1) is 14.7. The Labute approximate surface area is 183 Å². The molecule has 0 saturated carbocycles. The summed E-state index contributed by atoms with van der Waals surface area (Å²) in [6, 6.07) is 13.4. The zero-order chi connectivity index (χ0) is 20.8. The second-order valence-electron chi connectivity index (χ2n) is 8.43. The van der Waals surface area contributed by atoms with Crippen molar-refractivity contribution in [2.24, 2.45) is 0 Å². The van der Waals surface area contributed by atoms with E-state index in [2.05, 4.69) is 54.0 Å². The first-order valence-corrected chi connectivity index (χ1v) is 11.9. The molecule has 2 aliphatic rings. The highest BCUT2D eigenvalue weighted by molar-refractivity contribution is 7.10. The van der Waals surface area contributed by atoms with Crippen molar-refractivity contribution in [2.75, 3.05) is 59.0 Å². The molecule has 2 fully saturated rings. The van der Waals surface area contributed by atoms with Crippen molar-refractivity contribution in [3.05, 3.63) is 57.8 Å². The maximum atomic E-state index is 12.8. The number of aryl methyl sites for hydroxylation is 1. The van der Waals surface area contributed by atoms with Crippen LogP contribution in [0.2, 0.25) is 0 Å². The van der Waals surface area contributed by atoms with Gasteiger partial charge < -0.3 is 24.8 Å². The number of nitrogens with one attached hydrogen (secondary N) is 3. The quantitative estimate of drug-likeness (QED) is 0.610. The summed E-state index contributed by atoms with van der Waals surface area (Å²) in [5, 5.41) is 5.36. The molecule has 30 heavy (non-hydrogen) atoms. The Morgan fingerprint density at radius 2 is 1.97 bits per heavy atom.